The van der Waals surface area contributed by atoms with Crippen molar-refractivity contribution in [3.8, 4) is 0 Å². The molecular weight excluding hydrogens is 330 g/mol. The van der Waals surface area contributed by atoms with Gasteiger partial charge in [0.2, 0.25) is 5.65 Å². The third kappa shape index (κ3) is 2.52. The molecule has 0 saturated heterocycles. The molecule has 1 aliphatic rings. The van der Waals surface area contributed by atoms with E-state index in [2.05, 4.69) is 39.5 Å². The minimum Gasteiger partial charge on any atom is -0.365 e. The lowest BCUT2D eigenvalue weighted by atomic mass is 10.2. The molecule has 2 N–H and O–H groups in total. The van der Waals surface area contributed by atoms with Crippen LogP contribution in [0.4, 0.5) is 17.3 Å². The quantitative estimate of drug-likeness (QED) is 0.489. The molecule has 0 saturated carbocycles. The Hall–Kier alpha value is -2.49. The van der Waals surface area contributed by atoms with E-state index in [0.29, 0.717) is 17.0 Å². The molecular formula is C14H19N7O2S. The van der Waals surface area contributed by atoms with E-state index in [4.69, 9.17) is 12.2 Å². The zero-order valence-electron chi connectivity index (χ0n) is 13.7. The minimum absolute atomic E-state index is 0.118. The summed E-state index contributed by atoms with van der Waals surface area (Å²) in [5, 5.41) is 21.8. The average molecular weight is 349 g/mol. The van der Waals surface area contributed by atoms with Crippen LogP contribution in [-0.4, -0.2) is 44.3 Å². The number of aromatic nitrogens is 3. The Bertz CT molecular complexity index is 819. The molecule has 0 aliphatic carbocycles. The van der Waals surface area contributed by atoms with E-state index in [1.54, 1.807) is 11.6 Å². The number of thiocarbonyl (C=S) groups is 1. The lowest BCUT2D eigenvalue weighted by molar-refractivity contribution is -0.383. The molecule has 10 heteroatoms. The summed E-state index contributed by atoms with van der Waals surface area (Å²) in [6.45, 7) is 5.06. The molecule has 1 aliphatic heterocycles. The summed E-state index contributed by atoms with van der Waals surface area (Å²) in [4.78, 5) is 17.5. The van der Waals surface area contributed by atoms with Gasteiger partial charge < -0.3 is 15.5 Å². The van der Waals surface area contributed by atoms with Crippen molar-refractivity contribution in [3.63, 3.8) is 0 Å². The second kappa shape index (κ2) is 6.19. The number of rotatable bonds is 4. The van der Waals surface area contributed by atoms with Crippen LogP contribution in [0.5, 0.6) is 0 Å². The Labute approximate surface area is 144 Å². The summed E-state index contributed by atoms with van der Waals surface area (Å²) in [6.07, 6.45) is 2.99. The van der Waals surface area contributed by atoms with E-state index in [-0.39, 0.29) is 11.3 Å². The molecule has 24 heavy (non-hydrogen) atoms. The van der Waals surface area contributed by atoms with Crippen LogP contribution < -0.4 is 15.5 Å². The van der Waals surface area contributed by atoms with Crippen LogP contribution in [0.15, 0.2) is 6.20 Å². The highest BCUT2D eigenvalue weighted by atomic mass is 32.1. The molecule has 1 atom stereocenters. The highest BCUT2D eigenvalue weighted by molar-refractivity contribution is 7.80. The Morgan fingerprint density at radius 2 is 2.33 bits per heavy atom. The Morgan fingerprint density at radius 3 is 2.96 bits per heavy atom. The fourth-order valence-corrected chi connectivity index (χ4v) is 3.01. The third-order valence-corrected chi connectivity index (χ3v) is 4.66. The normalized spacial score (nSPS) is 14.5. The summed E-state index contributed by atoms with van der Waals surface area (Å²) in [6, 6.07) is 0.296. The fourth-order valence-electron chi connectivity index (χ4n) is 2.92. The molecule has 0 amide bonds. The first-order chi connectivity index (χ1) is 11.5. The maximum Gasteiger partial charge on any atom is 0.333 e. The van der Waals surface area contributed by atoms with Gasteiger partial charge in [-0.3, -0.25) is 10.1 Å². The summed E-state index contributed by atoms with van der Waals surface area (Å²) < 4.78 is 1.57. The van der Waals surface area contributed by atoms with Crippen LogP contribution in [-0.2, 0) is 6.42 Å². The first kappa shape index (κ1) is 16.4. The predicted octanol–water partition coefficient (Wildman–Crippen LogP) is 1.71. The Balaban J connectivity index is 2.24. The van der Waals surface area contributed by atoms with Gasteiger partial charge in [-0.1, -0.05) is 6.92 Å². The maximum absolute atomic E-state index is 11.3. The number of nitrogens with zero attached hydrogens (tertiary/aromatic N) is 5. The van der Waals surface area contributed by atoms with Crippen LogP contribution in [0.1, 0.15) is 25.8 Å². The van der Waals surface area contributed by atoms with Gasteiger partial charge in [0.15, 0.2) is 5.11 Å². The van der Waals surface area contributed by atoms with Gasteiger partial charge in [-0.05, 0) is 32.0 Å². The summed E-state index contributed by atoms with van der Waals surface area (Å²) in [5.41, 5.74) is 1.07. The van der Waals surface area contributed by atoms with E-state index in [9.17, 15) is 10.1 Å². The number of nitrogens with one attached hydrogen (secondary N) is 2. The van der Waals surface area contributed by atoms with Crippen molar-refractivity contribution in [2.45, 2.75) is 32.7 Å². The van der Waals surface area contributed by atoms with Gasteiger partial charge in [0, 0.05) is 25.2 Å². The van der Waals surface area contributed by atoms with Crippen molar-refractivity contribution in [1.29, 1.82) is 0 Å². The molecule has 1 unspecified atom stereocenters. The molecule has 0 bridgehead atoms. The first-order valence-corrected chi connectivity index (χ1v) is 8.19. The third-order valence-electron chi connectivity index (χ3n) is 4.35. The predicted molar refractivity (Wildman–Crippen MR) is 95.7 cm³/mol. The van der Waals surface area contributed by atoms with Crippen molar-refractivity contribution in [2.24, 2.45) is 0 Å². The minimum atomic E-state index is -0.468. The molecule has 9 nitrogen and oxygen atoms in total. The summed E-state index contributed by atoms with van der Waals surface area (Å²) in [5.74, 6) is 1.40. The number of hydrogen-bond donors (Lipinski definition) is 2. The number of anilines is 2. The van der Waals surface area contributed by atoms with Gasteiger partial charge in [-0.25, -0.2) is 4.98 Å². The zero-order valence-corrected chi connectivity index (χ0v) is 14.6. The molecule has 0 aromatic carbocycles. The molecule has 0 radical (unpaired) electrons. The van der Waals surface area contributed by atoms with E-state index < -0.39 is 4.92 Å². The van der Waals surface area contributed by atoms with Gasteiger partial charge in [-0.2, -0.15) is 9.61 Å². The standard InChI is InChI=1S/C14H19N7O2S/c1-4-8(2)19-6-5-9-11(18-14(24)15-3)17-12-10(21(22)23)7-16-20(12)13(9)19/h7-8H,4-6H2,1-3H3,(H2,15,17,18,24). The largest absolute Gasteiger partial charge is 0.365 e. The van der Waals surface area contributed by atoms with E-state index in [1.165, 1.54) is 6.20 Å². The Morgan fingerprint density at radius 1 is 1.58 bits per heavy atom. The van der Waals surface area contributed by atoms with Gasteiger partial charge in [0.1, 0.15) is 17.8 Å². The zero-order chi connectivity index (χ0) is 17.4. The SMILES string of the molecule is CCC(C)N1CCc2c(NC(=S)NC)nc3c([N+](=O)[O-])cnn3c21. The topological polar surface area (TPSA) is 101 Å². The van der Waals surface area contributed by atoms with E-state index >= 15 is 0 Å². The van der Waals surface area contributed by atoms with Crippen LogP contribution >= 0.6 is 12.2 Å². The van der Waals surface area contributed by atoms with Crippen LogP contribution in [0.3, 0.4) is 0 Å². The first-order valence-electron chi connectivity index (χ1n) is 7.78. The molecule has 3 heterocycles. The number of nitro groups is 1. The molecule has 3 rings (SSSR count). The number of hydrogen-bond acceptors (Lipinski definition) is 6. The van der Waals surface area contributed by atoms with Gasteiger partial charge in [-0.15, -0.1) is 0 Å². The maximum atomic E-state index is 11.3. The highest BCUT2D eigenvalue weighted by Crippen LogP contribution is 2.36. The van der Waals surface area contributed by atoms with Gasteiger partial charge in [0.25, 0.3) is 0 Å². The number of fused-ring (bicyclic) bond motifs is 3. The highest BCUT2D eigenvalue weighted by Gasteiger charge is 2.32. The van der Waals surface area contributed by atoms with Gasteiger partial charge >= 0.3 is 5.69 Å². The summed E-state index contributed by atoms with van der Waals surface area (Å²) in [7, 11) is 1.71. The van der Waals surface area contributed by atoms with Crippen molar-refractivity contribution < 1.29 is 4.92 Å². The lowest BCUT2D eigenvalue weighted by Gasteiger charge is -2.26. The smallest absolute Gasteiger partial charge is 0.333 e. The van der Waals surface area contributed by atoms with Crippen molar-refractivity contribution in [2.75, 3.05) is 23.8 Å². The summed E-state index contributed by atoms with van der Waals surface area (Å²) >= 11 is 5.17. The Kier molecular flexibility index (Phi) is 4.22. The van der Waals surface area contributed by atoms with Crippen LogP contribution in [0, 0.1) is 10.1 Å². The lowest BCUT2D eigenvalue weighted by Crippen LogP contribution is -2.32. The molecule has 2 aromatic heterocycles. The average Bonchev–Trinajstić information content (AvgIpc) is 3.17. The molecule has 0 spiro atoms. The van der Waals surface area contributed by atoms with Crippen molar-refractivity contribution in [1.82, 2.24) is 19.9 Å². The van der Waals surface area contributed by atoms with Crippen molar-refractivity contribution >= 4 is 40.3 Å². The van der Waals surface area contributed by atoms with Crippen LogP contribution in [0.2, 0.25) is 0 Å². The molecule has 128 valence electrons. The second-order valence-electron chi connectivity index (χ2n) is 5.69. The van der Waals surface area contributed by atoms with Crippen LogP contribution in [0.25, 0.3) is 5.65 Å². The van der Waals surface area contributed by atoms with E-state index in [0.717, 1.165) is 30.8 Å². The molecule has 0 fully saturated rings. The fraction of sp³-hybridized carbons (Fsp3) is 0.500. The monoisotopic (exact) mass is 349 g/mol. The second-order valence-corrected chi connectivity index (χ2v) is 6.10. The van der Waals surface area contributed by atoms with Crippen molar-refractivity contribution in [3.05, 3.63) is 21.9 Å². The van der Waals surface area contributed by atoms with Gasteiger partial charge in [0.05, 0.1) is 4.92 Å². The van der Waals surface area contributed by atoms with E-state index in [1.807, 2.05) is 0 Å². The molecule has 2 aromatic rings.